The zero-order valence-electron chi connectivity index (χ0n) is 19.8. The Bertz CT molecular complexity index is 1220. The molecular weight excluding hydrogens is 525 g/mol. The van der Waals surface area contributed by atoms with Gasteiger partial charge in [-0.25, -0.2) is 8.42 Å². The monoisotopic (exact) mass is 553 g/mol. The summed E-state index contributed by atoms with van der Waals surface area (Å²) in [5, 5.41) is 10.1. The minimum Gasteiger partial charge on any atom is -0.481 e. The molecule has 2 fully saturated rings. The van der Waals surface area contributed by atoms with Gasteiger partial charge in [0.1, 0.15) is 12.2 Å². The number of hydrogen-bond donors (Lipinski definition) is 1. The summed E-state index contributed by atoms with van der Waals surface area (Å²) in [7, 11) is -3.44. The van der Waals surface area contributed by atoms with Crippen molar-refractivity contribution < 1.29 is 27.9 Å². The first-order chi connectivity index (χ1) is 17.1. The summed E-state index contributed by atoms with van der Waals surface area (Å²) in [4.78, 5) is 27.0. The number of ether oxygens (including phenoxy) is 1. The van der Waals surface area contributed by atoms with E-state index in [1.165, 1.54) is 0 Å². The Hall–Kier alpha value is -2.13. The van der Waals surface area contributed by atoms with Gasteiger partial charge in [0.25, 0.3) is 5.91 Å². The number of rotatable bonds is 9. The number of carbonyl (C=O) groups is 2. The van der Waals surface area contributed by atoms with Crippen LogP contribution in [0.5, 0.6) is 0 Å². The fourth-order valence-corrected chi connectivity index (χ4v) is 7.51. The van der Waals surface area contributed by atoms with Crippen molar-refractivity contribution in [1.29, 1.82) is 0 Å². The molecule has 0 radical (unpaired) electrons. The molecule has 2 aromatic carbocycles. The Labute approximate surface area is 221 Å². The quantitative estimate of drug-likeness (QED) is 0.456. The van der Waals surface area contributed by atoms with Gasteiger partial charge < -0.3 is 14.7 Å². The summed E-state index contributed by atoms with van der Waals surface area (Å²) in [5.41, 5.74) is 1.36. The van der Waals surface area contributed by atoms with Crippen LogP contribution >= 0.6 is 23.2 Å². The van der Waals surface area contributed by atoms with Gasteiger partial charge >= 0.3 is 5.97 Å². The number of halogens is 2. The lowest BCUT2D eigenvalue weighted by atomic mass is 9.89. The van der Waals surface area contributed by atoms with Gasteiger partial charge in [-0.1, -0.05) is 60.8 Å². The first-order valence-electron chi connectivity index (χ1n) is 12.0. The first kappa shape index (κ1) is 26.9. The standard InChI is InChI=1S/C26H29Cl2NO6S/c1-2-20(15-36(33,34)21-7-4-8-21)29-24(16-9-11-18(27)12-10-16)25(17-5-3-6-19(28)13-17)35-22(26(29)32)14-23(30)31/h3,5-6,9-13,20-22,24-25H,2,4,7-8,14-15H2,1H3,(H,30,31)/t20?,22?,24?,25-/m1/s1. The van der Waals surface area contributed by atoms with Crippen LogP contribution in [0.15, 0.2) is 48.5 Å². The summed E-state index contributed by atoms with van der Waals surface area (Å²) >= 11 is 12.4. The van der Waals surface area contributed by atoms with E-state index in [1.54, 1.807) is 53.4 Å². The summed E-state index contributed by atoms with van der Waals surface area (Å²) in [6.45, 7) is 1.84. The predicted octanol–water partition coefficient (Wildman–Crippen LogP) is 5.22. The van der Waals surface area contributed by atoms with Crippen molar-refractivity contribution >= 4 is 44.9 Å². The van der Waals surface area contributed by atoms with Crippen molar-refractivity contribution in [2.75, 3.05) is 5.75 Å². The molecule has 0 bridgehead atoms. The largest absolute Gasteiger partial charge is 0.481 e. The summed E-state index contributed by atoms with van der Waals surface area (Å²) in [6, 6.07) is 12.6. The number of carboxylic acid groups (broad SMARTS) is 1. The average molecular weight is 554 g/mol. The van der Waals surface area contributed by atoms with E-state index in [-0.39, 0.29) is 5.75 Å². The lowest BCUT2D eigenvalue weighted by Gasteiger charge is -2.48. The minimum atomic E-state index is -3.44. The maximum absolute atomic E-state index is 13.8. The number of hydrogen-bond acceptors (Lipinski definition) is 5. The van der Waals surface area contributed by atoms with Crippen LogP contribution in [0.4, 0.5) is 0 Å². The molecule has 36 heavy (non-hydrogen) atoms. The topological polar surface area (TPSA) is 101 Å². The van der Waals surface area contributed by atoms with Gasteiger partial charge in [-0.2, -0.15) is 0 Å². The van der Waals surface area contributed by atoms with E-state index >= 15 is 0 Å². The van der Waals surface area contributed by atoms with Crippen LogP contribution in [0.2, 0.25) is 10.0 Å². The summed E-state index contributed by atoms with van der Waals surface area (Å²) in [5.74, 6) is -1.91. The van der Waals surface area contributed by atoms with Crippen LogP contribution in [0.1, 0.15) is 62.3 Å². The number of sulfone groups is 1. The number of morpholine rings is 1. The summed E-state index contributed by atoms with van der Waals surface area (Å²) < 4.78 is 32.5. The third-order valence-corrected chi connectivity index (χ3v) is 9.85. The Balaban J connectivity index is 1.83. The zero-order chi connectivity index (χ0) is 26.0. The molecule has 1 saturated heterocycles. The molecule has 2 aliphatic rings. The van der Waals surface area contributed by atoms with E-state index < -0.39 is 57.7 Å². The Morgan fingerprint density at radius 3 is 2.36 bits per heavy atom. The molecule has 1 heterocycles. The minimum absolute atomic E-state index is 0.188. The molecule has 2 aromatic rings. The second-order valence-corrected chi connectivity index (χ2v) is 12.6. The highest BCUT2D eigenvalue weighted by atomic mass is 35.5. The third kappa shape index (κ3) is 5.72. The van der Waals surface area contributed by atoms with Crippen molar-refractivity contribution in [3.63, 3.8) is 0 Å². The van der Waals surface area contributed by atoms with Gasteiger partial charge in [0.2, 0.25) is 0 Å². The smallest absolute Gasteiger partial charge is 0.306 e. The Morgan fingerprint density at radius 1 is 1.11 bits per heavy atom. The van der Waals surface area contributed by atoms with Crippen molar-refractivity contribution in [1.82, 2.24) is 4.90 Å². The van der Waals surface area contributed by atoms with E-state index in [0.717, 1.165) is 6.42 Å². The Morgan fingerprint density at radius 2 is 1.81 bits per heavy atom. The fourth-order valence-electron chi connectivity index (χ4n) is 4.93. The molecule has 1 N–H and O–H groups in total. The van der Waals surface area contributed by atoms with Crippen LogP contribution in [0.3, 0.4) is 0 Å². The molecule has 4 rings (SSSR count). The maximum atomic E-state index is 13.8. The van der Waals surface area contributed by atoms with Crippen LogP contribution in [0, 0.1) is 0 Å². The molecule has 7 nitrogen and oxygen atoms in total. The lowest BCUT2D eigenvalue weighted by molar-refractivity contribution is -0.182. The molecule has 1 aliphatic heterocycles. The Kier molecular flexibility index (Phi) is 8.29. The SMILES string of the molecule is CCC(CS(=O)(=O)C1CCC1)N1C(=O)C(CC(=O)O)O[C@H](c2cccc(Cl)c2)C1c1ccc(Cl)cc1. The zero-order valence-corrected chi connectivity index (χ0v) is 22.2. The number of aliphatic carboxylic acids is 1. The van der Waals surface area contributed by atoms with Crippen molar-refractivity contribution in [3.05, 3.63) is 69.7 Å². The second kappa shape index (κ2) is 11.1. The molecule has 4 atom stereocenters. The first-order valence-corrected chi connectivity index (χ1v) is 14.5. The van der Waals surface area contributed by atoms with Crippen molar-refractivity contribution in [2.45, 2.75) is 68.6 Å². The van der Waals surface area contributed by atoms with Crippen molar-refractivity contribution in [3.8, 4) is 0 Å². The molecule has 10 heteroatoms. The molecule has 3 unspecified atom stereocenters. The molecule has 1 saturated carbocycles. The number of benzene rings is 2. The van der Waals surface area contributed by atoms with Gasteiger partial charge in [-0.05, 0) is 54.7 Å². The second-order valence-electron chi connectivity index (χ2n) is 9.38. The average Bonchev–Trinajstić information content (AvgIpc) is 2.77. The molecule has 1 aliphatic carbocycles. The number of carbonyl (C=O) groups excluding carboxylic acids is 1. The summed E-state index contributed by atoms with van der Waals surface area (Å²) in [6.07, 6.45) is -0.0629. The van der Waals surface area contributed by atoms with Crippen LogP contribution in [-0.2, 0) is 24.2 Å². The molecular formula is C26H29Cl2NO6S. The van der Waals surface area contributed by atoms with Crippen LogP contribution in [-0.4, -0.2) is 53.4 Å². The number of nitrogens with zero attached hydrogens (tertiary/aromatic N) is 1. The van der Waals surface area contributed by atoms with E-state index in [0.29, 0.717) is 40.4 Å². The highest BCUT2D eigenvalue weighted by Crippen LogP contribution is 2.45. The molecule has 0 spiro atoms. The highest BCUT2D eigenvalue weighted by molar-refractivity contribution is 7.92. The van der Waals surface area contributed by atoms with E-state index in [1.807, 2.05) is 6.92 Å². The van der Waals surface area contributed by atoms with Gasteiger partial charge in [0.05, 0.1) is 23.5 Å². The fraction of sp³-hybridized carbons (Fsp3) is 0.462. The van der Waals surface area contributed by atoms with E-state index in [2.05, 4.69) is 0 Å². The van der Waals surface area contributed by atoms with E-state index in [4.69, 9.17) is 27.9 Å². The highest BCUT2D eigenvalue weighted by Gasteiger charge is 2.48. The maximum Gasteiger partial charge on any atom is 0.306 e. The van der Waals surface area contributed by atoms with Gasteiger partial charge in [-0.15, -0.1) is 0 Å². The predicted molar refractivity (Wildman–Crippen MR) is 138 cm³/mol. The molecule has 0 aromatic heterocycles. The molecule has 194 valence electrons. The van der Waals surface area contributed by atoms with E-state index in [9.17, 15) is 23.1 Å². The van der Waals surface area contributed by atoms with Crippen LogP contribution < -0.4 is 0 Å². The normalized spacial score (nSPS) is 23.8. The van der Waals surface area contributed by atoms with Crippen molar-refractivity contribution in [2.24, 2.45) is 0 Å². The molecule has 1 amide bonds. The van der Waals surface area contributed by atoms with Crippen LogP contribution in [0.25, 0.3) is 0 Å². The van der Waals surface area contributed by atoms with Gasteiger partial charge in [0, 0.05) is 16.1 Å². The number of carboxylic acids is 1. The van der Waals surface area contributed by atoms with Gasteiger partial charge in [0.15, 0.2) is 9.84 Å². The lowest BCUT2D eigenvalue weighted by Crippen LogP contribution is -2.57. The number of amides is 1. The third-order valence-electron chi connectivity index (χ3n) is 7.03. The van der Waals surface area contributed by atoms with Gasteiger partial charge in [-0.3, -0.25) is 9.59 Å².